The number of hydrogen-bond donors (Lipinski definition) is 0. The number of ether oxygens (including phenoxy) is 4. The van der Waals surface area contributed by atoms with Crippen LogP contribution >= 0.6 is 0 Å². The van der Waals surface area contributed by atoms with Gasteiger partial charge in [0.05, 0.1) is 21.3 Å². The molecule has 0 radical (unpaired) electrons. The van der Waals surface area contributed by atoms with Gasteiger partial charge in [-0.3, -0.25) is 9.69 Å². The summed E-state index contributed by atoms with van der Waals surface area (Å²) in [5, 5.41) is 0. The van der Waals surface area contributed by atoms with Crippen molar-refractivity contribution >= 4 is 11.9 Å². The Balaban J connectivity index is 1.58. The minimum absolute atomic E-state index is 0.164. The number of nitrogens with zero attached hydrogens (tertiary/aromatic N) is 2. The second kappa shape index (κ2) is 10.9. The lowest BCUT2D eigenvalue weighted by atomic mass is 10.1. The lowest BCUT2D eigenvalue weighted by Gasteiger charge is -2.35. The molecule has 172 valence electrons. The quantitative estimate of drug-likeness (QED) is 0.582. The Morgan fingerprint density at radius 1 is 0.875 bits per heavy atom. The van der Waals surface area contributed by atoms with Crippen molar-refractivity contribution in [2.24, 2.45) is 0 Å². The Morgan fingerprint density at radius 3 is 2.06 bits per heavy atom. The molecule has 1 saturated heterocycles. The summed E-state index contributed by atoms with van der Waals surface area (Å²) in [7, 11) is 4.42. The van der Waals surface area contributed by atoms with Crippen molar-refractivity contribution in [3.63, 3.8) is 0 Å². The maximum Gasteiger partial charge on any atom is 0.342 e. The first-order valence-electron chi connectivity index (χ1n) is 10.5. The Hall–Kier alpha value is -3.26. The molecule has 1 atom stereocenters. The van der Waals surface area contributed by atoms with Crippen LogP contribution in [0.3, 0.4) is 0 Å². The van der Waals surface area contributed by atoms with Gasteiger partial charge in [0.1, 0.15) is 11.3 Å². The number of piperazine rings is 1. The maximum atomic E-state index is 12.9. The van der Waals surface area contributed by atoms with Crippen LogP contribution in [-0.2, 0) is 16.1 Å². The SMILES string of the molecule is COc1cc(OC)c(C(=O)OC(C)C(=O)N2CCN(Cc3ccccc3)CC2)cc1OC. The number of benzene rings is 2. The fourth-order valence-corrected chi connectivity index (χ4v) is 3.69. The minimum atomic E-state index is -0.916. The van der Waals surface area contributed by atoms with Crippen LogP contribution in [0, 0.1) is 0 Å². The van der Waals surface area contributed by atoms with Crippen LogP contribution in [0.4, 0.5) is 0 Å². The Kier molecular flexibility index (Phi) is 7.94. The highest BCUT2D eigenvalue weighted by Crippen LogP contribution is 2.35. The zero-order chi connectivity index (χ0) is 23.1. The average molecular weight is 443 g/mol. The topological polar surface area (TPSA) is 77.5 Å². The number of carbonyl (C=O) groups is 2. The summed E-state index contributed by atoms with van der Waals surface area (Å²) in [5.74, 6) is 0.206. The molecule has 1 unspecified atom stereocenters. The third kappa shape index (κ3) is 5.50. The van der Waals surface area contributed by atoms with Gasteiger partial charge in [0.2, 0.25) is 0 Å². The minimum Gasteiger partial charge on any atom is -0.496 e. The van der Waals surface area contributed by atoms with Crippen molar-refractivity contribution in [3.05, 3.63) is 53.6 Å². The highest BCUT2D eigenvalue weighted by molar-refractivity contribution is 5.95. The predicted molar refractivity (Wildman–Crippen MR) is 119 cm³/mol. The van der Waals surface area contributed by atoms with E-state index in [1.54, 1.807) is 17.9 Å². The van der Waals surface area contributed by atoms with E-state index in [1.165, 1.54) is 33.0 Å². The van der Waals surface area contributed by atoms with E-state index < -0.39 is 12.1 Å². The van der Waals surface area contributed by atoms with Crippen molar-refractivity contribution in [2.75, 3.05) is 47.5 Å². The fraction of sp³-hybridized carbons (Fsp3) is 0.417. The van der Waals surface area contributed by atoms with E-state index in [9.17, 15) is 9.59 Å². The number of hydrogen-bond acceptors (Lipinski definition) is 7. The summed E-state index contributed by atoms with van der Waals surface area (Å²) in [4.78, 5) is 29.7. The first kappa shape index (κ1) is 23.4. The van der Waals surface area contributed by atoms with Gasteiger partial charge in [-0.2, -0.15) is 0 Å². The van der Waals surface area contributed by atoms with Crippen LogP contribution in [0.1, 0.15) is 22.8 Å². The maximum absolute atomic E-state index is 12.9. The van der Waals surface area contributed by atoms with E-state index in [0.29, 0.717) is 24.6 Å². The van der Waals surface area contributed by atoms with E-state index in [-0.39, 0.29) is 17.2 Å². The van der Waals surface area contributed by atoms with E-state index in [0.717, 1.165) is 19.6 Å². The molecule has 1 aliphatic heterocycles. The third-order valence-electron chi connectivity index (χ3n) is 5.49. The van der Waals surface area contributed by atoms with Gasteiger partial charge in [0.25, 0.3) is 5.91 Å². The fourth-order valence-electron chi connectivity index (χ4n) is 3.69. The van der Waals surface area contributed by atoms with Gasteiger partial charge in [-0.1, -0.05) is 30.3 Å². The molecule has 1 fully saturated rings. The standard InChI is InChI=1S/C24H30N2O6/c1-17(32-24(28)19-14-21(30-3)22(31-4)15-20(19)29-2)23(27)26-12-10-25(11-13-26)16-18-8-6-5-7-9-18/h5-9,14-15,17H,10-13,16H2,1-4H3. The van der Waals surface area contributed by atoms with Crippen molar-refractivity contribution < 1.29 is 28.5 Å². The molecular formula is C24H30N2O6. The molecule has 32 heavy (non-hydrogen) atoms. The zero-order valence-corrected chi connectivity index (χ0v) is 19.0. The second-order valence-corrected chi connectivity index (χ2v) is 7.54. The predicted octanol–water partition coefficient (Wildman–Crippen LogP) is 2.60. The van der Waals surface area contributed by atoms with Crippen LogP contribution in [0.5, 0.6) is 17.2 Å². The second-order valence-electron chi connectivity index (χ2n) is 7.54. The number of carbonyl (C=O) groups excluding carboxylic acids is 2. The summed E-state index contributed by atoms with van der Waals surface area (Å²) in [5.41, 5.74) is 1.41. The number of esters is 1. The molecule has 2 aromatic carbocycles. The van der Waals surface area contributed by atoms with Crippen LogP contribution < -0.4 is 14.2 Å². The molecule has 8 heteroatoms. The lowest BCUT2D eigenvalue weighted by molar-refractivity contribution is -0.141. The van der Waals surface area contributed by atoms with Crippen LogP contribution in [0.25, 0.3) is 0 Å². The largest absolute Gasteiger partial charge is 0.496 e. The first-order chi connectivity index (χ1) is 15.5. The molecule has 0 aliphatic carbocycles. The average Bonchev–Trinajstić information content (AvgIpc) is 2.83. The smallest absolute Gasteiger partial charge is 0.342 e. The summed E-state index contributed by atoms with van der Waals surface area (Å²) in [6.07, 6.45) is -0.916. The van der Waals surface area contributed by atoms with Crippen molar-refractivity contribution in [2.45, 2.75) is 19.6 Å². The van der Waals surface area contributed by atoms with Gasteiger partial charge in [-0.05, 0) is 12.5 Å². The van der Waals surface area contributed by atoms with Gasteiger partial charge in [-0.15, -0.1) is 0 Å². The summed E-state index contributed by atoms with van der Waals surface area (Å²) in [6, 6.07) is 13.3. The van der Waals surface area contributed by atoms with E-state index >= 15 is 0 Å². The lowest BCUT2D eigenvalue weighted by Crippen LogP contribution is -2.51. The molecule has 1 amide bonds. The molecule has 0 N–H and O–H groups in total. The van der Waals surface area contributed by atoms with Gasteiger partial charge in [-0.25, -0.2) is 4.79 Å². The molecule has 0 bridgehead atoms. The van der Waals surface area contributed by atoms with Crippen molar-refractivity contribution in [1.82, 2.24) is 9.80 Å². The van der Waals surface area contributed by atoms with Crippen molar-refractivity contribution in [1.29, 1.82) is 0 Å². The van der Waals surface area contributed by atoms with Gasteiger partial charge < -0.3 is 23.8 Å². The summed E-state index contributed by atoms with van der Waals surface area (Å²) < 4.78 is 21.3. The van der Waals surface area contributed by atoms with Crippen LogP contribution in [0.2, 0.25) is 0 Å². The molecule has 2 aromatic rings. The molecule has 0 aromatic heterocycles. The van der Waals surface area contributed by atoms with Gasteiger partial charge >= 0.3 is 5.97 Å². The number of methoxy groups -OCH3 is 3. The molecule has 0 saturated carbocycles. The Morgan fingerprint density at radius 2 is 1.47 bits per heavy atom. The Labute approximate surface area is 188 Å². The molecule has 1 heterocycles. The molecule has 0 spiro atoms. The summed E-state index contributed by atoms with van der Waals surface area (Å²) >= 11 is 0. The zero-order valence-electron chi connectivity index (χ0n) is 19.0. The molecule has 8 nitrogen and oxygen atoms in total. The van der Waals surface area contributed by atoms with E-state index in [1.807, 2.05) is 18.2 Å². The normalized spacial score (nSPS) is 15.1. The van der Waals surface area contributed by atoms with Gasteiger partial charge in [0.15, 0.2) is 17.6 Å². The van der Waals surface area contributed by atoms with E-state index in [4.69, 9.17) is 18.9 Å². The highest BCUT2D eigenvalue weighted by atomic mass is 16.6. The van der Waals surface area contributed by atoms with Crippen molar-refractivity contribution in [3.8, 4) is 17.2 Å². The highest BCUT2D eigenvalue weighted by Gasteiger charge is 2.29. The number of rotatable bonds is 8. The molecule has 3 rings (SSSR count). The van der Waals surface area contributed by atoms with Gasteiger partial charge in [0, 0.05) is 44.9 Å². The van der Waals surface area contributed by atoms with Crippen LogP contribution in [-0.4, -0.2) is 75.3 Å². The van der Waals surface area contributed by atoms with E-state index in [2.05, 4.69) is 17.0 Å². The first-order valence-corrected chi connectivity index (χ1v) is 10.5. The third-order valence-corrected chi connectivity index (χ3v) is 5.49. The number of amides is 1. The van der Waals surface area contributed by atoms with Crippen LogP contribution in [0.15, 0.2) is 42.5 Å². The Bertz CT molecular complexity index is 926. The monoisotopic (exact) mass is 442 g/mol. The molecule has 1 aliphatic rings. The summed E-state index contributed by atoms with van der Waals surface area (Å²) in [6.45, 7) is 5.16. The molecular weight excluding hydrogens is 412 g/mol.